The molecular weight excluding hydrogens is 621 g/mol. The molecule has 4 nitrogen and oxygen atoms in total. The summed E-state index contributed by atoms with van der Waals surface area (Å²) in [6, 6.07) is 46.9. The third-order valence-electron chi connectivity index (χ3n) is 11.5. The molecule has 1 aromatic heterocycles. The maximum Gasteiger partial charge on any atom is 0.164 e. The molecule has 6 aromatic carbocycles. The number of hydrogen-bond acceptors (Lipinski definition) is 4. The second-order valence-corrected chi connectivity index (χ2v) is 15.3. The Hall–Kier alpha value is -5.66. The highest BCUT2D eigenvalue weighted by atomic mass is 15.0. The number of hydrogen-bond donors (Lipinski definition) is 0. The summed E-state index contributed by atoms with van der Waals surface area (Å²) in [5, 5.41) is 14.1. The average molecular weight is 661 g/mol. The smallest absolute Gasteiger partial charge is 0.164 e. The van der Waals surface area contributed by atoms with Crippen molar-refractivity contribution >= 4 is 21.5 Å². The fourth-order valence-corrected chi connectivity index (χ4v) is 9.58. The molecule has 2 aliphatic carbocycles. The van der Waals surface area contributed by atoms with E-state index < -0.39 is 0 Å². The largest absolute Gasteiger partial charge is 0.208 e. The van der Waals surface area contributed by atoms with Crippen molar-refractivity contribution in [2.75, 3.05) is 0 Å². The molecule has 2 aliphatic rings. The van der Waals surface area contributed by atoms with Gasteiger partial charge in [-0.3, -0.25) is 0 Å². The van der Waals surface area contributed by atoms with Gasteiger partial charge in [-0.25, -0.2) is 15.0 Å². The Morgan fingerprint density at radius 1 is 0.549 bits per heavy atom. The summed E-state index contributed by atoms with van der Waals surface area (Å²) in [5.74, 6) is 4.28. The molecule has 51 heavy (non-hydrogen) atoms. The molecule has 1 heterocycles. The van der Waals surface area contributed by atoms with E-state index in [0.717, 1.165) is 34.4 Å². The van der Waals surface area contributed by atoms with Gasteiger partial charge in [-0.15, -0.1) is 0 Å². The molecule has 1 unspecified atom stereocenters. The molecule has 0 radical (unpaired) electrons. The molecule has 0 N–H and O–H groups in total. The third-order valence-corrected chi connectivity index (χ3v) is 11.5. The molecule has 0 aliphatic heterocycles. The van der Waals surface area contributed by atoms with Gasteiger partial charge in [0.15, 0.2) is 17.5 Å². The molecule has 7 aromatic rings. The lowest BCUT2D eigenvalue weighted by Crippen LogP contribution is -2.42. The SMILES string of the molecule is C[C@@H]1C[C@@H]2C[C@H](C)CC(c3ccc(-c4cc5ccc(-c6nc(-c7ccccc7)nc(-c7ccc(C#N)cc7)n6)cc5c5ccccc45)cc3)(C1)C2. The minimum atomic E-state index is 0.329. The fraction of sp³-hybridized carbons (Fsp3) is 0.234. The monoisotopic (exact) mass is 660 g/mol. The van der Waals surface area contributed by atoms with Crippen LogP contribution in [-0.2, 0) is 5.41 Å². The van der Waals surface area contributed by atoms with Crippen LogP contribution in [0.4, 0.5) is 0 Å². The lowest BCUT2D eigenvalue weighted by molar-refractivity contribution is 0.0780. The maximum atomic E-state index is 9.34. The predicted octanol–water partition coefficient (Wildman–Crippen LogP) is 11.8. The summed E-state index contributed by atoms with van der Waals surface area (Å²) < 4.78 is 0. The van der Waals surface area contributed by atoms with Crippen LogP contribution < -0.4 is 0 Å². The van der Waals surface area contributed by atoms with Crippen molar-refractivity contribution in [1.29, 1.82) is 5.26 Å². The van der Waals surface area contributed by atoms with E-state index in [2.05, 4.69) is 92.7 Å². The quantitative estimate of drug-likeness (QED) is 0.172. The van der Waals surface area contributed by atoms with Crippen LogP contribution in [-0.4, -0.2) is 15.0 Å². The first-order valence-corrected chi connectivity index (χ1v) is 18.3. The standard InChI is InChI=1S/C47H40N4/c1-30-22-33-23-31(2)27-47(26-30,28-33)39-20-18-34(19-21-39)42-24-37-16-17-38(25-43(37)41-11-7-6-10-40(41)42)46-50-44(35-8-4-3-5-9-35)49-45(51-46)36-14-12-32(29-48)13-15-36/h3-21,24-25,30-31,33H,22-23,26-28H2,1-2H3/t30-,31+,33-,47?. The number of rotatable bonds is 5. The molecule has 2 saturated carbocycles. The van der Waals surface area contributed by atoms with Gasteiger partial charge in [-0.2, -0.15) is 5.26 Å². The van der Waals surface area contributed by atoms with Crippen LogP contribution in [0.3, 0.4) is 0 Å². The van der Waals surface area contributed by atoms with E-state index in [9.17, 15) is 5.26 Å². The molecular formula is C47H40N4. The zero-order chi connectivity index (χ0) is 34.5. The molecule has 4 atom stereocenters. The highest BCUT2D eigenvalue weighted by Crippen LogP contribution is 2.54. The first-order valence-electron chi connectivity index (χ1n) is 18.3. The van der Waals surface area contributed by atoms with Crippen molar-refractivity contribution in [2.45, 2.75) is 51.4 Å². The molecule has 2 fully saturated rings. The Morgan fingerprint density at radius 2 is 1.12 bits per heavy atom. The molecule has 248 valence electrons. The van der Waals surface area contributed by atoms with E-state index in [-0.39, 0.29) is 0 Å². The Bertz CT molecular complexity index is 2420. The zero-order valence-electron chi connectivity index (χ0n) is 29.2. The first kappa shape index (κ1) is 31.3. The lowest BCUT2D eigenvalue weighted by atomic mass is 9.54. The number of fused-ring (bicyclic) bond motifs is 5. The van der Waals surface area contributed by atoms with Gasteiger partial charge < -0.3 is 0 Å². The van der Waals surface area contributed by atoms with Crippen molar-refractivity contribution in [3.8, 4) is 51.4 Å². The predicted molar refractivity (Wildman–Crippen MR) is 208 cm³/mol. The fourth-order valence-electron chi connectivity index (χ4n) is 9.58. The maximum absolute atomic E-state index is 9.34. The zero-order valence-corrected chi connectivity index (χ0v) is 29.2. The van der Waals surface area contributed by atoms with E-state index in [0.29, 0.717) is 28.5 Å². The van der Waals surface area contributed by atoms with Gasteiger partial charge >= 0.3 is 0 Å². The lowest BCUT2D eigenvalue weighted by Gasteiger charge is -2.50. The summed E-state index contributed by atoms with van der Waals surface area (Å²) in [4.78, 5) is 14.8. The number of nitriles is 1. The highest BCUT2D eigenvalue weighted by molar-refractivity contribution is 6.14. The van der Waals surface area contributed by atoms with Gasteiger partial charge in [0.2, 0.25) is 0 Å². The Kier molecular flexibility index (Phi) is 7.73. The number of aromatic nitrogens is 3. The van der Waals surface area contributed by atoms with E-state index in [4.69, 9.17) is 15.0 Å². The van der Waals surface area contributed by atoms with Crippen molar-refractivity contribution in [1.82, 2.24) is 15.0 Å². The Balaban J connectivity index is 1.13. The summed E-state index contributed by atoms with van der Waals surface area (Å²) in [5.41, 5.74) is 7.69. The van der Waals surface area contributed by atoms with Gasteiger partial charge in [0, 0.05) is 16.7 Å². The molecule has 0 amide bonds. The van der Waals surface area contributed by atoms with E-state index in [1.54, 1.807) is 12.1 Å². The van der Waals surface area contributed by atoms with Gasteiger partial charge in [-0.05, 0) is 130 Å². The van der Waals surface area contributed by atoms with Gasteiger partial charge in [0.25, 0.3) is 0 Å². The molecule has 9 rings (SSSR count). The Labute approximate surface area is 299 Å². The van der Waals surface area contributed by atoms with E-state index in [1.165, 1.54) is 70.3 Å². The number of benzene rings is 6. The summed E-state index contributed by atoms with van der Waals surface area (Å²) in [6.45, 7) is 4.93. The normalized spacial score (nSPS) is 21.4. The Morgan fingerprint density at radius 3 is 1.78 bits per heavy atom. The van der Waals surface area contributed by atoms with Gasteiger partial charge in [-0.1, -0.05) is 105 Å². The van der Waals surface area contributed by atoms with Crippen LogP contribution in [0, 0.1) is 29.1 Å². The average Bonchev–Trinajstić information content (AvgIpc) is 3.17. The second kappa shape index (κ2) is 12.6. The van der Waals surface area contributed by atoms with Crippen LogP contribution in [0.15, 0.2) is 127 Å². The van der Waals surface area contributed by atoms with Gasteiger partial charge in [0.1, 0.15) is 0 Å². The van der Waals surface area contributed by atoms with Crippen LogP contribution in [0.5, 0.6) is 0 Å². The minimum Gasteiger partial charge on any atom is -0.208 e. The van der Waals surface area contributed by atoms with Crippen LogP contribution >= 0.6 is 0 Å². The van der Waals surface area contributed by atoms with Crippen molar-refractivity contribution in [2.24, 2.45) is 17.8 Å². The van der Waals surface area contributed by atoms with Crippen LogP contribution in [0.1, 0.15) is 57.1 Å². The third kappa shape index (κ3) is 5.77. The summed E-state index contributed by atoms with van der Waals surface area (Å²) >= 11 is 0. The van der Waals surface area contributed by atoms with E-state index in [1.807, 2.05) is 42.5 Å². The van der Waals surface area contributed by atoms with Crippen molar-refractivity contribution in [3.05, 3.63) is 139 Å². The minimum absolute atomic E-state index is 0.329. The second-order valence-electron chi connectivity index (χ2n) is 15.3. The van der Waals surface area contributed by atoms with E-state index >= 15 is 0 Å². The molecule has 4 heteroatoms. The summed E-state index contributed by atoms with van der Waals surface area (Å²) in [6.07, 6.45) is 6.78. The van der Waals surface area contributed by atoms with Crippen LogP contribution in [0.2, 0.25) is 0 Å². The molecule has 2 bridgehead atoms. The summed E-state index contributed by atoms with van der Waals surface area (Å²) in [7, 11) is 0. The highest BCUT2D eigenvalue weighted by Gasteiger charge is 2.45. The van der Waals surface area contributed by atoms with Crippen molar-refractivity contribution < 1.29 is 0 Å². The first-order chi connectivity index (χ1) is 24.9. The van der Waals surface area contributed by atoms with Crippen LogP contribution in [0.25, 0.3) is 66.8 Å². The molecule has 0 spiro atoms. The topological polar surface area (TPSA) is 62.5 Å². The molecule has 0 saturated heterocycles. The number of nitrogens with zero attached hydrogens (tertiary/aromatic N) is 4. The van der Waals surface area contributed by atoms with Crippen molar-refractivity contribution in [3.63, 3.8) is 0 Å². The van der Waals surface area contributed by atoms with Gasteiger partial charge in [0.05, 0.1) is 11.6 Å².